The van der Waals surface area contributed by atoms with Gasteiger partial charge in [0.25, 0.3) is 6.47 Å². The number of rotatable bonds is 6. The molecule has 5 N–H and O–H groups in total. The van der Waals surface area contributed by atoms with Crippen LogP contribution >= 0.6 is 0 Å². The largest absolute Gasteiger partial charge is 0.483 e. The zero-order chi connectivity index (χ0) is 22.3. The number of amides is 2. The Bertz CT molecular complexity index is 893. The Kier molecular flexibility index (Phi) is 8.37. The van der Waals surface area contributed by atoms with Crippen molar-refractivity contribution in [2.45, 2.75) is 45.3 Å². The lowest BCUT2D eigenvalue weighted by Gasteiger charge is -2.16. The molecule has 2 amide bonds. The number of benzene rings is 1. The van der Waals surface area contributed by atoms with Crippen LogP contribution in [0, 0.1) is 19.8 Å². The zero-order valence-corrected chi connectivity index (χ0v) is 17.1. The number of carboxylic acid groups (broad SMARTS) is 1. The molecule has 3 atom stereocenters. The van der Waals surface area contributed by atoms with Gasteiger partial charge in [-0.3, -0.25) is 14.4 Å². The number of carbonyl (C=O) groups is 3. The van der Waals surface area contributed by atoms with E-state index in [1.807, 2.05) is 19.9 Å². The molecule has 164 valence electrons. The van der Waals surface area contributed by atoms with Crippen molar-refractivity contribution >= 4 is 29.3 Å². The van der Waals surface area contributed by atoms with Crippen molar-refractivity contribution in [2.75, 3.05) is 13.2 Å². The lowest BCUT2D eigenvalue weighted by atomic mass is 10.0. The highest BCUT2D eigenvalue weighted by Gasteiger charge is 2.37. The molecule has 1 heterocycles. The van der Waals surface area contributed by atoms with Gasteiger partial charge in [0.15, 0.2) is 0 Å². The molecule has 0 radical (unpaired) electrons. The number of aliphatic hydroxyl groups excluding tert-OH is 2. The lowest BCUT2D eigenvalue weighted by Crippen LogP contribution is -2.40. The molecule has 30 heavy (non-hydrogen) atoms. The molecule has 1 aromatic carbocycles. The summed E-state index contributed by atoms with van der Waals surface area (Å²) in [7, 11) is 0. The van der Waals surface area contributed by atoms with Crippen LogP contribution in [0.25, 0.3) is 11.0 Å². The van der Waals surface area contributed by atoms with Crippen molar-refractivity contribution in [1.82, 2.24) is 10.6 Å². The standard InChI is InChI=1S/C20H26N2O5.CH2O2/c1-11-5-12(2)19-14(10-27-17(19)6-11)9-18(25)22-15-7-13(8-16(15)24)20(26)21-3-4-23;2-1-3/h5-6,10,13,15-16,23-24H,3-4,7-9H2,1-2H3,(H,21,26)(H,22,25);1H,(H,2,3)/t13-,15+,16+;/m0./s1. The number of hydrogen-bond acceptors (Lipinski definition) is 6. The summed E-state index contributed by atoms with van der Waals surface area (Å²) in [6.45, 7) is 3.80. The van der Waals surface area contributed by atoms with Gasteiger partial charge in [-0.25, -0.2) is 0 Å². The van der Waals surface area contributed by atoms with E-state index in [1.165, 1.54) is 0 Å². The quantitative estimate of drug-likeness (QED) is 0.431. The fourth-order valence-corrected chi connectivity index (χ4v) is 3.90. The van der Waals surface area contributed by atoms with Gasteiger partial charge in [0.2, 0.25) is 11.8 Å². The monoisotopic (exact) mass is 420 g/mol. The lowest BCUT2D eigenvalue weighted by molar-refractivity contribution is -0.125. The van der Waals surface area contributed by atoms with Crippen LogP contribution in [0.2, 0.25) is 0 Å². The SMILES string of the molecule is Cc1cc(C)c2c(CC(=O)N[C@@H]3C[C@H](C(=O)NCCO)C[C@H]3O)coc2c1.O=CO. The number of fused-ring (bicyclic) bond motifs is 1. The first-order chi connectivity index (χ1) is 14.3. The molecule has 9 nitrogen and oxygen atoms in total. The second-order valence-electron chi connectivity index (χ2n) is 7.42. The summed E-state index contributed by atoms with van der Waals surface area (Å²) in [5.41, 5.74) is 3.73. The zero-order valence-electron chi connectivity index (χ0n) is 17.1. The van der Waals surface area contributed by atoms with E-state index in [4.69, 9.17) is 19.4 Å². The van der Waals surface area contributed by atoms with E-state index < -0.39 is 12.1 Å². The van der Waals surface area contributed by atoms with Crippen LogP contribution in [0.4, 0.5) is 0 Å². The summed E-state index contributed by atoms with van der Waals surface area (Å²) in [6.07, 6.45) is 1.68. The Morgan fingerprint density at radius 2 is 1.97 bits per heavy atom. The third-order valence-electron chi connectivity index (χ3n) is 5.10. The summed E-state index contributed by atoms with van der Waals surface area (Å²) in [6, 6.07) is 3.54. The van der Waals surface area contributed by atoms with E-state index in [1.54, 1.807) is 6.26 Å². The molecule has 1 aromatic heterocycles. The number of hydrogen-bond donors (Lipinski definition) is 5. The molecule has 9 heteroatoms. The van der Waals surface area contributed by atoms with Crippen LogP contribution in [0.1, 0.15) is 29.5 Å². The molecule has 0 spiro atoms. The average molecular weight is 420 g/mol. The Labute approximate surface area is 174 Å². The molecule has 1 fully saturated rings. The van der Waals surface area contributed by atoms with Crippen LogP contribution in [-0.4, -0.2) is 58.9 Å². The van der Waals surface area contributed by atoms with Gasteiger partial charge in [0.1, 0.15) is 5.58 Å². The van der Waals surface area contributed by atoms with E-state index in [2.05, 4.69) is 16.7 Å². The van der Waals surface area contributed by atoms with E-state index in [-0.39, 0.29) is 43.8 Å². The van der Waals surface area contributed by atoms with Gasteiger partial charge >= 0.3 is 0 Å². The minimum atomic E-state index is -0.760. The number of nitrogens with one attached hydrogen (secondary N) is 2. The Morgan fingerprint density at radius 3 is 2.63 bits per heavy atom. The average Bonchev–Trinajstić information content (AvgIpc) is 3.24. The Balaban J connectivity index is 0.00000101. The third-order valence-corrected chi connectivity index (χ3v) is 5.10. The molecule has 2 aromatic rings. The maximum Gasteiger partial charge on any atom is 0.290 e. The highest BCUT2D eigenvalue weighted by atomic mass is 16.3. The van der Waals surface area contributed by atoms with Gasteiger partial charge < -0.3 is 30.4 Å². The molecule has 3 rings (SSSR count). The van der Waals surface area contributed by atoms with Crippen molar-refractivity contribution in [1.29, 1.82) is 0 Å². The normalized spacial score (nSPS) is 20.3. The minimum Gasteiger partial charge on any atom is -0.483 e. The first-order valence-corrected chi connectivity index (χ1v) is 9.71. The fourth-order valence-electron chi connectivity index (χ4n) is 3.90. The molecule has 1 aliphatic rings. The van der Waals surface area contributed by atoms with Gasteiger partial charge in [-0.1, -0.05) is 6.07 Å². The maximum atomic E-state index is 12.5. The minimum absolute atomic E-state index is 0.126. The van der Waals surface area contributed by atoms with Crippen molar-refractivity contribution in [3.8, 4) is 0 Å². The van der Waals surface area contributed by atoms with Crippen LogP contribution in [0.3, 0.4) is 0 Å². The first kappa shape index (κ1) is 23.4. The predicted octanol–water partition coefficient (Wildman–Crippen LogP) is 0.657. The number of aliphatic hydroxyl groups is 2. The highest BCUT2D eigenvalue weighted by Crippen LogP contribution is 2.28. The molecule has 0 saturated heterocycles. The second-order valence-corrected chi connectivity index (χ2v) is 7.42. The van der Waals surface area contributed by atoms with E-state index >= 15 is 0 Å². The molecular weight excluding hydrogens is 392 g/mol. The van der Waals surface area contributed by atoms with Crippen molar-refractivity contribution < 1.29 is 34.1 Å². The fraction of sp³-hybridized carbons (Fsp3) is 0.476. The molecule has 0 bridgehead atoms. The second kappa shape index (κ2) is 10.7. The van der Waals surface area contributed by atoms with Gasteiger partial charge in [-0.2, -0.15) is 0 Å². The Morgan fingerprint density at radius 1 is 1.27 bits per heavy atom. The van der Waals surface area contributed by atoms with Gasteiger partial charge in [-0.05, 0) is 43.9 Å². The third kappa shape index (κ3) is 5.80. The summed E-state index contributed by atoms with van der Waals surface area (Å²) in [5.74, 6) is -0.776. The van der Waals surface area contributed by atoms with E-state index in [0.717, 1.165) is 27.7 Å². The molecular formula is C21H28N2O7. The molecule has 1 aliphatic carbocycles. The van der Waals surface area contributed by atoms with Crippen LogP contribution in [0.15, 0.2) is 22.8 Å². The smallest absolute Gasteiger partial charge is 0.290 e. The number of aryl methyl sites for hydroxylation is 2. The van der Waals surface area contributed by atoms with Gasteiger partial charge in [-0.15, -0.1) is 0 Å². The molecule has 0 aliphatic heterocycles. The van der Waals surface area contributed by atoms with Crippen LogP contribution < -0.4 is 10.6 Å². The summed E-state index contributed by atoms with van der Waals surface area (Å²) < 4.78 is 5.59. The predicted molar refractivity (Wildman–Crippen MR) is 109 cm³/mol. The first-order valence-electron chi connectivity index (χ1n) is 9.71. The Hall–Kier alpha value is -2.91. The number of carbonyl (C=O) groups excluding carboxylic acids is 2. The van der Waals surface area contributed by atoms with E-state index in [9.17, 15) is 14.7 Å². The van der Waals surface area contributed by atoms with E-state index in [0.29, 0.717) is 12.8 Å². The molecule has 1 saturated carbocycles. The van der Waals surface area contributed by atoms with Crippen molar-refractivity contribution in [2.24, 2.45) is 5.92 Å². The highest BCUT2D eigenvalue weighted by molar-refractivity contribution is 5.90. The summed E-state index contributed by atoms with van der Waals surface area (Å²) in [4.78, 5) is 32.8. The number of furan rings is 1. The summed E-state index contributed by atoms with van der Waals surface area (Å²) >= 11 is 0. The summed E-state index contributed by atoms with van der Waals surface area (Å²) in [5, 5.41) is 32.3. The van der Waals surface area contributed by atoms with Crippen LogP contribution in [-0.2, 0) is 20.8 Å². The molecule has 0 unspecified atom stereocenters. The van der Waals surface area contributed by atoms with Crippen molar-refractivity contribution in [3.05, 3.63) is 35.1 Å². The van der Waals surface area contributed by atoms with Crippen molar-refractivity contribution in [3.63, 3.8) is 0 Å². The van der Waals surface area contributed by atoms with Crippen LogP contribution in [0.5, 0.6) is 0 Å². The van der Waals surface area contributed by atoms with Gasteiger partial charge in [0.05, 0.1) is 31.4 Å². The topological polar surface area (TPSA) is 149 Å². The maximum absolute atomic E-state index is 12.5. The van der Waals surface area contributed by atoms with Gasteiger partial charge in [0, 0.05) is 23.4 Å².